The number of imidazole rings is 1. The van der Waals surface area contributed by atoms with Gasteiger partial charge in [-0.3, -0.25) is 0 Å². The summed E-state index contributed by atoms with van der Waals surface area (Å²) in [4.78, 5) is 4.65. The third kappa shape index (κ3) is 1.98. The number of nitrogens with two attached hydrogens (primary N) is 1. The number of rotatable bonds is 2. The molecule has 2 N–H and O–H groups in total. The number of fused-ring (bicyclic) bond motifs is 1. The van der Waals surface area contributed by atoms with Crippen molar-refractivity contribution >= 4 is 11.0 Å². The van der Waals surface area contributed by atoms with E-state index >= 15 is 0 Å². The highest BCUT2D eigenvalue weighted by Gasteiger charge is 2.12. The molecule has 0 bridgehead atoms. The Labute approximate surface area is 116 Å². The minimum absolute atomic E-state index is 0.226. The Kier molecular flexibility index (Phi) is 3.03. The van der Waals surface area contributed by atoms with Crippen molar-refractivity contribution < 1.29 is 4.39 Å². The fourth-order valence-corrected chi connectivity index (χ4v) is 2.48. The van der Waals surface area contributed by atoms with E-state index in [9.17, 15) is 4.39 Å². The lowest BCUT2D eigenvalue weighted by molar-refractivity contribution is 0.627. The zero-order valence-corrected chi connectivity index (χ0v) is 11.5. The molecule has 0 saturated carbocycles. The van der Waals surface area contributed by atoms with Gasteiger partial charge in [-0.25, -0.2) is 9.37 Å². The molecular weight excluding hydrogens is 253 g/mol. The van der Waals surface area contributed by atoms with E-state index in [2.05, 4.69) is 4.98 Å². The van der Waals surface area contributed by atoms with Crippen molar-refractivity contribution in [2.45, 2.75) is 13.5 Å². The fraction of sp³-hybridized carbons (Fsp3) is 0.188. The highest BCUT2D eigenvalue weighted by atomic mass is 19.1. The van der Waals surface area contributed by atoms with Gasteiger partial charge in [-0.1, -0.05) is 6.07 Å². The van der Waals surface area contributed by atoms with E-state index in [4.69, 9.17) is 5.73 Å². The highest BCUT2D eigenvalue weighted by molar-refractivity contribution is 5.81. The predicted octanol–water partition coefficient (Wildman–Crippen LogP) is 3.15. The van der Waals surface area contributed by atoms with Crippen molar-refractivity contribution in [3.8, 4) is 11.4 Å². The molecule has 3 aromatic rings. The average Bonchev–Trinajstić information content (AvgIpc) is 2.76. The summed E-state index contributed by atoms with van der Waals surface area (Å²) in [6.45, 7) is 2.40. The van der Waals surface area contributed by atoms with Crippen LogP contribution in [0.1, 0.15) is 11.1 Å². The van der Waals surface area contributed by atoms with E-state index in [1.807, 2.05) is 36.7 Å². The lowest BCUT2D eigenvalue weighted by Crippen LogP contribution is -1.97. The van der Waals surface area contributed by atoms with E-state index in [-0.39, 0.29) is 5.82 Å². The number of hydrogen-bond donors (Lipinski definition) is 1. The molecule has 0 amide bonds. The second-order valence-corrected chi connectivity index (χ2v) is 4.98. The number of benzene rings is 2. The summed E-state index contributed by atoms with van der Waals surface area (Å²) in [6.07, 6.45) is 0. The van der Waals surface area contributed by atoms with Crippen LogP contribution in [-0.4, -0.2) is 9.55 Å². The number of halogens is 1. The van der Waals surface area contributed by atoms with Crippen molar-refractivity contribution in [3.05, 3.63) is 53.3 Å². The second kappa shape index (κ2) is 4.72. The Morgan fingerprint density at radius 2 is 2.00 bits per heavy atom. The molecule has 3 rings (SSSR count). The zero-order valence-electron chi connectivity index (χ0n) is 11.5. The molecule has 0 radical (unpaired) electrons. The summed E-state index contributed by atoms with van der Waals surface area (Å²) in [5, 5.41) is 0. The van der Waals surface area contributed by atoms with Crippen LogP contribution in [0.3, 0.4) is 0 Å². The average molecular weight is 269 g/mol. The lowest BCUT2D eigenvalue weighted by atomic mass is 10.1. The van der Waals surface area contributed by atoms with Crippen molar-refractivity contribution in [3.63, 3.8) is 0 Å². The third-order valence-electron chi connectivity index (χ3n) is 3.61. The van der Waals surface area contributed by atoms with Crippen LogP contribution in [0.2, 0.25) is 0 Å². The molecule has 4 heteroatoms. The molecule has 0 aliphatic carbocycles. The normalized spacial score (nSPS) is 11.2. The topological polar surface area (TPSA) is 43.8 Å². The quantitative estimate of drug-likeness (QED) is 0.776. The molecule has 1 heterocycles. The van der Waals surface area contributed by atoms with E-state index in [0.717, 1.165) is 33.5 Å². The number of aryl methyl sites for hydroxylation is 2. The molecule has 0 unspecified atom stereocenters. The molecule has 102 valence electrons. The molecule has 0 spiro atoms. The van der Waals surface area contributed by atoms with E-state index in [1.165, 1.54) is 12.1 Å². The van der Waals surface area contributed by atoms with Gasteiger partial charge in [-0.15, -0.1) is 0 Å². The van der Waals surface area contributed by atoms with E-state index in [0.29, 0.717) is 6.54 Å². The van der Waals surface area contributed by atoms with Gasteiger partial charge < -0.3 is 10.3 Å². The van der Waals surface area contributed by atoms with Crippen molar-refractivity contribution in [2.75, 3.05) is 0 Å². The van der Waals surface area contributed by atoms with Crippen molar-refractivity contribution in [1.29, 1.82) is 0 Å². The molecule has 0 saturated heterocycles. The van der Waals surface area contributed by atoms with Crippen LogP contribution in [0.15, 0.2) is 36.4 Å². The molecule has 0 atom stereocenters. The maximum Gasteiger partial charge on any atom is 0.141 e. The number of aromatic nitrogens is 2. The highest BCUT2D eigenvalue weighted by Crippen LogP contribution is 2.27. The SMILES string of the molecule is Cc1cc(F)ccc1-c1nc2ccc(CN)cc2n1C. The van der Waals surface area contributed by atoms with Crippen LogP contribution in [-0.2, 0) is 13.6 Å². The summed E-state index contributed by atoms with van der Waals surface area (Å²) < 4.78 is 15.2. The first-order valence-corrected chi connectivity index (χ1v) is 6.52. The Hall–Kier alpha value is -2.20. The zero-order chi connectivity index (χ0) is 14.3. The number of hydrogen-bond acceptors (Lipinski definition) is 2. The van der Waals surface area contributed by atoms with Gasteiger partial charge in [0.15, 0.2) is 0 Å². The van der Waals surface area contributed by atoms with Gasteiger partial charge in [0.05, 0.1) is 11.0 Å². The third-order valence-corrected chi connectivity index (χ3v) is 3.61. The van der Waals surface area contributed by atoms with Crippen molar-refractivity contribution in [1.82, 2.24) is 9.55 Å². The van der Waals surface area contributed by atoms with Crippen molar-refractivity contribution in [2.24, 2.45) is 12.8 Å². The van der Waals surface area contributed by atoms with Crippen LogP contribution >= 0.6 is 0 Å². The van der Waals surface area contributed by atoms with Gasteiger partial charge in [-0.2, -0.15) is 0 Å². The van der Waals surface area contributed by atoms with Crippen LogP contribution in [0.5, 0.6) is 0 Å². The largest absolute Gasteiger partial charge is 0.327 e. The standard InChI is InChI=1S/C16H16FN3/c1-10-7-12(17)4-5-13(10)16-19-14-6-3-11(9-18)8-15(14)20(16)2/h3-8H,9,18H2,1-2H3. The Balaban J connectivity index is 2.24. The first-order chi connectivity index (χ1) is 9.60. The Morgan fingerprint density at radius 3 is 2.70 bits per heavy atom. The summed E-state index contributed by atoms with van der Waals surface area (Å²) >= 11 is 0. The molecule has 0 aliphatic heterocycles. The Morgan fingerprint density at radius 1 is 1.20 bits per heavy atom. The summed E-state index contributed by atoms with van der Waals surface area (Å²) in [5.41, 5.74) is 10.5. The summed E-state index contributed by atoms with van der Waals surface area (Å²) in [6, 6.07) is 10.8. The summed E-state index contributed by atoms with van der Waals surface area (Å²) in [7, 11) is 1.97. The minimum Gasteiger partial charge on any atom is -0.327 e. The molecular formula is C16H16FN3. The Bertz CT molecular complexity index is 790. The first kappa shape index (κ1) is 12.8. The van der Waals surface area contributed by atoms with Crippen LogP contribution < -0.4 is 5.73 Å². The minimum atomic E-state index is -0.226. The number of nitrogens with zero attached hydrogens (tertiary/aromatic N) is 2. The molecule has 3 nitrogen and oxygen atoms in total. The van der Waals surface area contributed by atoms with E-state index < -0.39 is 0 Å². The van der Waals surface area contributed by atoms with Crippen LogP contribution in [0, 0.1) is 12.7 Å². The fourth-order valence-electron chi connectivity index (χ4n) is 2.48. The molecule has 2 aromatic carbocycles. The van der Waals surface area contributed by atoms with Gasteiger partial charge in [0.2, 0.25) is 0 Å². The molecule has 20 heavy (non-hydrogen) atoms. The van der Waals surface area contributed by atoms with Crippen LogP contribution in [0.4, 0.5) is 4.39 Å². The maximum absolute atomic E-state index is 13.2. The summed E-state index contributed by atoms with van der Waals surface area (Å²) in [5.74, 6) is 0.613. The molecule has 0 aliphatic rings. The monoisotopic (exact) mass is 269 g/mol. The lowest BCUT2D eigenvalue weighted by Gasteiger charge is -2.06. The second-order valence-electron chi connectivity index (χ2n) is 4.98. The predicted molar refractivity (Wildman–Crippen MR) is 78.7 cm³/mol. The van der Waals surface area contributed by atoms with Gasteiger partial charge in [-0.05, 0) is 48.4 Å². The smallest absolute Gasteiger partial charge is 0.141 e. The van der Waals surface area contributed by atoms with Gasteiger partial charge >= 0.3 is 0 Å². The van der Waals surface area contributed by atoms with Gasteiger partial charge in [0.1, 0.15) is 11.6 Å². The molecule has 0 fully saturated rings. The van der Waals surface area contributed by atoms with Gasteiger partial charge in [0.25, 0.3) is 0 Å². The first-order valence-electron chi connectivity index (χ1n) is 6.52. The van der Waals surface area contributed by atoms with Crippen LogP contribution in [0.25, 0.3) is 22.4 Å². The van der Waals surface area contributed by atoms with Gasteiger partial charge in [0, 0.05) is 19.2 Å². The van der Waals surface area contributed by atoms with E-state index in [1.54, 1.807) is 6.07 Å². The molecule has 1 aromatic heterocycles. The maximum atomic E-state index is 13.2.